The highest BCUT2D eigenvalue weighted by Gasteiger charge is 2.18. The first-order valence-electron chi connectivity index (χ1n) is 9.08. The summed E-state index contributed by atoms with van der Waals surface area (Å²) in [6, 6.07) is 18.3. The molecular formula is C21H20Cl2N4O3S. The maximum absolute atomic E-state index is 12.7. The van der Waals surface area contributed by atoms with Crippen LogP contribution in [0.3, 0.4) is 0 Å². The first-order valence-corrected chi connectivity index (χ1v) is 11.5. The van der Waals surface area contributed by atoms with Gasteiger partial charge in [0, 0.05) is 11.4 Å². The van der Waals surface area contributed by atoms with Crippen molar-refractivity contribution in [3.8, 4) is 11.5 Å². The average molecular weight is 479 g/mol. The van der Waals surface area contributed by atoms with Crippen LogP contribution in [0, 0.1) is 0 Å². The Kier molecular flexibility index (Phi) is 7.40. The SMILES string of the molecule is NN/N=C(\N)Cc1cc(Cl)cc(Oc2ccc(S(=O)(=O)Cc3ccccc3)cc2Cl)c1. The summed E-state index contributed by atoms with van der Waals surface area (Å²) in [5.74, 6) is 5.97. The first-order chi connectivity index (χ1) is 14.8. The van der Waals surface area contributed by atoms with Crippen LogP contribution >= 0.6 is 23.2 Å². The molecule has 0 aliphatic carbocycles. The molecule has 0 aliphatic heterocycles. The Hall–Kier alpha value is -2.78. The Morgan fingerprint density at radius 3 is 2.42 bits per heavy atom. The van der Waals surface area contributed by atoms with Crippen molar-refractivity contribution in [1.82, 2.24) is 5.53 Å². The van der Waals surface area contributed by atoms with Gasteiger partial charge in [0.1, 0.15) is 17.3 Å². The van der Waals surface area contributed by atoms with E-state index in [-0.39, 0.29) is 21.5 Å². The second-order valence-electron chi connectivity index (χ2n) is 6.64. The fraction of sp³-hybridized carbons (Fsp3) is 0.0952. The van der Waals surface area contributed by atoms with Gasteiger partial charge in [-0.15, -0.1) is 0 Å². The Labute approximate surface area is 190 Å². The molecule has 0 bridgehead atoms. The summed E-state index contributed by atoms with van der Waals surface area (Å²) in [6.45, 7) is 0. The summed E-state index contributed by atoms with van der Waals surface area (Å²) in [4.78, 5) is 0.110. The largest absolute Gasteiger partial charge is 0.456 e. The van der Waals surface area contributed by atoms with E-state index in [1.807, 2.05) is 6.07 Å². The zero-order valence-electron chi connectivity index (χ0n) is 16.3. The van der Waals surface area contributed by atoms with Gasteiger partial charge >= 0.3 is 0 Å². The van der Waals surface area contributed by atoms with Gasteiger partial charge in [0.25, 0.3) is 0 Å². The summed E-state index contributed by atoms with van der Waals surface area (Å²) < 4.78 is 31.3. The number of halogens is 2. The van der Waals surface area contributed by atoms with E-state index in [2.05, 4.69) is 10.6 Å². The van der Waals surface area contributed by atoms with Gasteiger partial charge in [0.15, 0.2) is 9.84 Å². The molecule has 31 heavy (non-hydrogen) atoms. The first kappa shape index (κ1) is 22.9. The third-order valence-electron chi connectivity index (χ3n) is 4.21. The van der Waals surface area contributed by atoms with Gasteiger partial charge < -0.3 is 10.5 Å². The second-order valence-corrected chi connectivity index (χ2v) is 9.48. The topological polar surface area (TPSA) is 120 Å². The van der Waals surface area contributed by atoms with Crippen LogP contribution in [-0.2, 0) is 22.0 Å². The lowest BCUT2D eigenvalue weighted by Crippen LogP contribution is -2.23. The molecule has 0 radical (unpaired) electrons. The minimum atomic E-state index is -3.56. The number of hydrogen-bond acceptors (Lipinski definition) is 6. The average Bonchev–Trinajstić information content (AvgIpc) is 2.69. The monoisotopic (exact) mass is 478 g/mol. The van der Waals surface area contributed by atoms with E-state index in [0.717, 1.165) is 5.56 Å². The summed E-state index contributed by atoms with van der Waals surface area (Å²) in [7, 11) is -3.56. The molecule has 0 heterocycles. The van der Waals surface area contributed by atoms with Crippen molar-refractivity contribution >= 4 is 38.9 Å². The highest BCUT2D eigenvalue weighted by Crippen LogP contribution is 2.33. The van der Waals surface area contributed by atoms with E-state index < -0.39 is 9.84 Å². The Morgan fingerprint density at radius 2 is 1.74 bits per heavy atom. The molecule has 3 aromatic rings. The van der Waals surface area contributed by atoms with Crippen molar-refractivity contribution in [1.29, 1.82) is 0 Å². The van der Waals surface area contributed by atoms with Gasteiger partial charge in [0.2, 0.25) is 0 Å². The third-order valence-corrected chi connectivity index (χ3v) is 6.41. The second kappa shape index (κ2) is 10.0. The van der Waals surface area contributed by atoms with Gasteiger partial charge in [-0.05, 0) is 47.5 Å². The van der Waals surface area contributed by atoms with Crippen LogP contribution < -0.4 is 21.8 Å². The van der Waals surface area contributed by atoms with Crippen molar-refractivity contribution in [2.24, 2.45) is 16.7 Å². The van der Waals surface area contributed by atoms with E-state index in [1.165, 1.54) is 18.2 Å². The van der Waals surface area contributed by atoms with Gasteiger partial charge in [-0.3, -0.25) is 0 Å². The van der Waals surface area contributed by atoms with Crippen LogP contribution in [0.15, 0.2) is 76.7 Å². The molecule has 162 valence electrons. The highest BCUT2D eigenvalue weighted by molar-refractivity contribution is 7.90. The molecule has 10 heteroatoms. The molecule has 0 saturated carbocycles. The Morgan fingerprint density at radius 1 is 1.00 bits per heavy atom. The number of hydrazine groups is 1. The zero-order chi connectivity index (χ0) is 22.4. The lowest BCUT2D eigenvalue weighted by molar-refractivity contribution is 0.482. The van der Waals surface area contributed by atoms with Gasteiger partial charge in [-0.1, -0.05) is 53.5 Å². The summed E-state index contributed by atoms with van der Waals surface area (Å²) >= 11 is 12.5. The number of benzene rings is 3. The highest BCUT2D eigenvalue weighted by atomic mass is 35.5. The van der Waals surface area contributed by atoms with E-state index in [4.69, 9.17) is 39.5 Å². The van der Waals surface area contributed by atoms with Gasteiger partial charge in [0.05, 0.1) is 15.7 Å². The predicted molar refractivity (Wildman–Crippen MR) is 123 cm³/mol. The van der Waals surface area contributed by atoms with Crippen molar-refractivity contribution in [2.75, 3.05) is 0 Å². The van der Waals surface area contributed by atoms with Crippen LogP contribution in [0.4, 0.5) is 0 Å². The number of nitrogens with one attached hydrogen (secondary N) is 1. The number of ether oxygens (including phenoxy) is 1. The molecule has 5 N–H and O–H groups in total. The number of nitrogens with zero attached hydrogens (tertiary/aromatic N) is 1. The predicted octanol–water partition coefficient (Wildman–Crippen LogP) is 4.04. The molecule has 0 aliphatic rings. The molecule has 3 rings (SSSR count). The summed E-state index contributed by atoms with van der Waals surface area (Å²) in [6.07, 6.45) is 0.297. The van der Waals surface area contributed by atoms with Crippen molar-refractivity contribution < 1.29 is 13.2 Å². The molecule has 0 fully saturated rings. The van der Waals surface area contributed by atoms with Crippen molar-refractivity contribution in [3.05, 3.63) is 87.9 Å². The Balaban J connectivity index is 1.81. The summed E-state index contributed by atoms with van der Waals surface area (Å²) in [5, 5.41) is 4.29. The number of hydrazone groups is 1. The minimum absolute atomic E-state index is 0.110. The van der Waals surface area contributed by atoms with Crippen molar-refractivity contribution in [3.63, 3.8) is 0 Å². The van der Waals surface area contributed by atoms with E-state index in [1.54, 1.807) is 42.5 Å². The number of rotatable bonds is 8. The molecule has 0 aromatic heterocycles. The smallest absolute Gasteiger partial charge is 0.182 e. The van der Waals surface area contributed by atoms with Crippen molar-refractivity contribution in [2.45, 2.75) is 17.1 Å². The van der Waals surface area contributed by atoms with Gasteiger partial charge in [-0.2, -0.15) is 5.10 Å². The summed E-state index contributed by atoms with van der Waals surface area (Å²) in [5.41, 5.74) is 9.32. The van der Waals surface area contributed by atoms with Crippen LogP contribution in [0.1, 0.15) is 11.1 Å². The quantitative estimate of drug-likeness (QED) is 0.194. The molecule has 7 nitrogen and oxygen atoms in total. The maximum atomic E-state index is 12.7. The number of amidine groups is 1. The lowest BCUT2D eigenvalue weighted by atomic mass is 10.1. The zero-order valence-corrected chi connectivity index (χ0v) is 18.6. The van der Waals surface area contributed by atoms with Gasteiger partial charge in [-0.25, -0.2) is 19.8 Å². The molecule has 0 amide bonds. The number of hydrogen-bond donors (Lipinski definition) is 3. The lowest BCUT2D eigenvalue weighted by Gasteiger charge is -2.12. The third kappa shape index (κ3) is 6.35. The number of sulfone groups is 1. The van der Waals surface area contributed by atoms with Crippen LogP contribution in [0.25, 0.3) is 0 Å². The van der Waals surface area contributed by atoms with E-state index in [9.17, 15) is 8.42 Å². The maximum Gasteiger partial charge on any atom is 0.182 e. The fourth-order valence-corrected chi connectivity index (χ4v) is 4.78. The van der Waals surface area contributed by atoms with Crippen LogP contribution in [0.5, 0.6) is 11.5 Å². The normalized spacial score (nSPS) is 11.9. The molecule has 0 atom stereocenters. The standard InChI is InChI=1S/C21H20Cl2N4O3S/c22-16-8-15(10-21(24)26-27-25)9-17(11-16)30-20-7-6-18(12-19(20)23)31(28,29)13-14-4-2-1-3-5-14/h1-9,11-12,27H,10,13,25H2,(H2,24,26). The molecule has 0 saturated heterocycles. The number of nitrogens with two attached hydrogens (primary N) is 2. The Bertz CT molecular complexity index is 1200. The molecule has 3 aromatic carbocycles. The van der Waals surface area contributed by atoms with Crippen LogP contribution in [-0.4, -0.2) is 14.3 Å². The molecule has 0 spiro atoms. The van der Waals surface area contributed by atoms with Crippen LogP contribution in [0.2, 0.25) is 10.0 Å². The fourth-order valence-electron chi connectivity index (χ4n) is 2.88. The molecular weight excluding hydrogens is 459 g/mol. The van der Waals surface area contributed by atoms with E-state index in [0.29, 0.717) is 28.5 Å². The molecule has 0 unspecified atom stereocenters. The minimum Gasteiger partial charge on any atom is -0.456 e. The van der Waals surface area contributed by atoms with E-state index >= 15 is 0 Å².